The van der Waals surface area contributed by atoms with Gasteiger partial charge >= 0.3 is 0 Å². The van der Waals surface area contributed by atoms with Crippen LogP contribution in [0.1, 0.15) is 39.5 Å². The minimum atomic E-state index is -3.71. The second-order valence-corrected chi connectivity index (χ2v) is 8.81. The van der Waals surface area contributed by atoms with Crippen LogP contribution in [0, 0.1) is 22.0 Å². The van der Waals surface area contributed by atoms with Crippen molar-refractivity contribution in [3.63, 3.8) is 0 Å². The van der Waals surface area contributed by atoms with Crippen LogP contribution in [0.3, 0.4) is 0 Å². The molecule has 0 aliphatic heterocycles. The molecule has 2 aliphatic carbocycles. The molecule has 2 aliphatic rings. The monoisotopic (exact) mass is 367 g/mol. The first-order chi connectivity index (χ1) is 11.9. The summed E-state index contributed by atoms with van der Waals surface area (Å²) in [6.07, 6.45) is 4.65. The third kappa shape index (κ3) is 3.79. The van der Waals surface area contributed by atoms with Gasteiger partial charge in [-0.05, 0) is 49.7 Å². The van der Waals surface area contributed by atoms with Crippen LogP contribution in [0.4, 0.5) is 11.4 Å². The first-order valence-corrected chi connectivity index (χ1v) is 10.4. The molecular formula is C17H25N3O4S. The highest BCUT2D eigenvalue weighted by molar-refractivity contribution is 7.89. The van der Waals surface area contributed by atoms with E-state index in [9.17, 15) is 18.5 Å². The summed E-state index contributed by atoms with van der Waals surface area (Å²) < 4.78 is 26.5. The third-order valence-corrected chi connectivity index (χ3v) is 7.14. The van der Waals surface area contributed by atoms with Gasteiger partial charge in [0.05, 0.1) is 9.82 Å². The van der Waals surface area contributed by atoms with Gasteiger partial charge < -0.3 is 5.32 Å². The lowest BCUT2D eigenvalue weighted by molar-refractivity contribution is -0.384. The summed E-state index contributed by atoms with van der Waals surface area (Å²) in [4.78, 5) is 11.0. The maximum absolute atomic E-state index is 12.6. The first kappa shape index (κ1) is 18.1. The van der Waals surface area contributed by atoms with Crippen LogP contribution in [0.5, 0.6) is 0 Å². The van der Waals surface area contributed by atoms with Crippen molar-refractivity contribution in [2.24, 2.45) is 11.8 Å². The van der Waals surface area contributed by atoms with E-state index in [2.05, 4.69) is 5.32 Å². The number of hydrogen-bond acceptors (Lipinski definition) is 5. The average molecular weight is 367 g/mol. The molecule has 138 valence electrons. The molecule has 2 fully saturated rings. The lowest BCUT2D eigenvalue weighted by Gasteiger charge is -2.21. The van der Waals surface area contributed by atoms with Crippen LogP contribution in [0.25, 0.3) is 0 Å². The SMILES string of the molecule is CCN(CC)S(=O)(=O)c1ccc(NC(C2CC2)C2CC2)c([N+](=O)[O-])c1. The largest absolute Gasteiger partial charge is 0.376 e. The van der Waals surface area contributed by atoms with Gasteiger partial charge in [-0.2, -0.15) is 4.31 Å². The van der Waals surface area contributed by atoms with E-state index >= 15 is 0 Å². The highest BCUT2D eigenvalue weighted by Crippen LogP contribution is 2.46. The molecule has 1 aromatic rings. The smallest absolute Gasteiger partial charge is 0.293 e. The normalized spacial score (nSPS) is 17.9. The van der Waals surface area contributed by atoms with Crippen molar-refractivity contribution >= 4 is 21.4 Å². The Hall–Kier alpha value is -1.67. The number of rotatable bonds is 9. The molecule has 0 aromatic heterocycles. The maximum atomic E-state index is 12.6. The van der Waals surface area contributed by atoms with E-state index in [4.69, 9.17) is 0 Å². The van der Waals surface area contributed by atoms with Gasteiger partial charge in [0, 0.05) is 25.2 Å². The molecule has 2 saturated carbocycles. The highest BCUT2D eigenvalue weighted by Gasteiger charge is 2.42. The summed E-state index contributed by atoms with van der Waals surface area (Å²) in [5.74, 6) is 1.18. The Morgan fingerprint density at radius 2 is 1.76 bits per heavy atom. The molecule has 0 atom stereocenters. The van der Waals surface area contributed by atoms with Gasteiger partial charge in [-0.25, -0.2) is 8.42 Å². The van der Waals surface area contributed by atoms with Crippen molar-refractivity contribution in [3.8, 4) is 0 Å². The lowest BCUT2D eigenvalue weighted by Crippen LogP contribution is -2.30. The minimum absolute atomic E-state index is 0.0251. The number of anilines is 1. The quantitative estimate of drug-likeness (QED) is 0.534. The van der Waals surface area contributed by atoms with E-state index in [-0.39, 0.29) is 16.6 Å². The number of nitro benzene ring substituents is 1. The molecule has 1 aromatic carbocycles. The van der Waals surface area contributed by atoms with E-state index in [1.165, 1.54) is 16.4 Å². The summed E-state index contributed by atoms with van der Waals surface area (Å²) in [5.41, 5.74) is 0.256. The molecule has 3 rings (SSSR count). The number of nitrogens with zero attached hydrogens (tertiary/aromatic N) is 2. The van der Waals surface area contributed by atoms with Crippen molar-refractivity contribution in [1.29, 1.82) is 0 Å². The van der Waals surface area contributed by atoms with Crippen molar-refractivity contribution in [2.75, 3.05) is 18.4 Å². The van der Waals surface area contributed by atoms with Crippen molar-refractivity contribution in [3.05, 3.63) is 28.3 Å². The molecule has 0 saturated heterocycles. The Balaban J connectivity index is 1.91. The van der Waals surface area contributed by atoms with Crippen LogP contribution >= 0.6 is 0 Å². The van der Waals surface area contributed by atoms with Gasteiger partial charge in [0.1, 0.15) is 5.69 Å². The van der Waals surface area contributed by atoms with Crippen LogP contribution in [-0.4, -0.2) is 36.8 Å². The standard InChI is InChI=1S/C17H25N3O4S/c1-3-19(4-2)25(23,24)14-9-10-15(16(11-14)20(21)22)18-17(12-5-6-12)13-7-8-13/h9-13,17-18H,3-8H2,1-2H3. The van der Waals surface area contributed by atoms with E-state index in [1.807, 2.05) is 0 Å². The van der Waals surface area contributed by atoms with Gasteiger partial charge in [0.25, 0.3) is 5.69 Å². The summed E-state index contributed by atoms with van der Waals surface area (Å²) in [7, 11) is -3.71. The summed E-state index contributed by atoms with van der Waals surface area (Å²) in [6, 6.07) is 4.47. The Labute approximate surface area is 148 Å². The fourth-order valence-corrected chi connectivity index (χ4v) is 4.85. The Kier molecular flexibility index (Phi) is 5.02. The molecule has 0 unspecified atom stereocenters. The van der Waals surface area contributed by atoms with Crippen LogP contribution in [0.2, 0.25) is 0 Å². The zero-order valence-corrected chi connectivity index (χ0v) is 15.5. The van der Waals surface area contributed by atoms with Crippen LogP contribution < -0.4 is 5.32 Å². The average Bonchev–Trinajstić information content (AvgIpc) is 3.47. The third-order valence-electron chi connectivity index (χ3n) is 5.09. The summed E-state index contributed by atoms with van der Waals surface area (Å²) >= 11 is 0. The molecule has 0 bridgehead atoms. The van der Waals surface area contributed by atoms with Crippen LogP contribution in [-0.2, 0) is 10.0 Å². The van der Waals surface area contributed by atoms with Gasteiger partial charge in [0.2, 0.25) is 10.0 Å². The number of benzene rings is 1. The maximum Gasteiger partial charge on any atom is 0.293 e. The van der Waals surface area contributed by atoms with Crippen molar-refractivity contribution in [1.82, 2.24) is 4.31 Å². The van der Waals surface area contributed by atoms with Crippen LogP contribution in [0.15, 0.2) is 23.1 Å². The number of nitro groups is 1. The van der Waals surface area contributed by atoms with Gasteiger partial charge in [-0.15, -0.1) is 0 Å². The molecule has 0 amide bonds. The molecular weight excluding hydrogens is 342 g/mol. The highest BCUT2D eigenvalue weighted by atomic mass is 32.2. The zero-order valence-electron chi connectivity index (χ0n) is 14.6. The van der Waals surface area contributed by atoms with E-state index in [0.717, 1.165) is 25.7 Å². The fourth-order valence-electron chi connectivity index (χ4n) is 3.37. The van der Waals surface area contributed by atoms with E-state index in [0.29, 0.717) is 30.6 Å². The zero-order chi connectivity index (χ0) is 18.2. The van der Waals surface area contributed by atoms with Gasteiger partial charge in [-0.1, -0.05) is 13.8 Å². The molecule has 0 radical (unpaired) electrons. The summed E-state index contributed by atoms with van der Waals surface area (Å²) in [6.45, 7) is 4.17. The van der Waals surface area contributed by atoms with Gasteiger partial charge in [0.15, 0.2) is 0 Å². The minimum Gasteiger partial charge on any atom is -0.376 e. The molecule has 0 spiro atoms. The second kappa shape index (κ2) is 6.92. The predicted octanol–water partition coefficient (Wildman–Crippen LogP) is 3.23. The molecule has 1 N–H and O–H groups in total. The number of sulfonamides is 1. The predicted molar refractivity (Wildman–Crippen MR) is 96.1 cm³/mol. The lowest BCUT2D eigenvalue weighted by atomic mass is 10.1. The van der Waals surface area contributed by atoms with E-state index < -0.39 is 14.9 Å². The summed E-state index contributed by atoms with van der Waals surface area (Å²) in [5, 5.41) is 14.9. The molecule has 25 heavy (non-hydrogen) atoms. The Morgan fingerprint density at radius 1 is 1.20 bits per heavy atom. The fraction of sp³-hybridized carbons (Fsp3) is 0.647. The van der Waals surface area contributed by atoms with E-state index in [1.54, 1.807) is 19.9 Å². The topological polar surface area (TPSA) is 92.6 Å². The first-order valence-electron chi connectivity index (χ1n) is 8.93. The molecule has 8 heteroatoms. The molecule has 0 heterocycles. The Bertz CT molecular complexity index is 741. The molecule has 7 nitrogen and oxygen atoms in total. The van der Waals surface area contributed by atoms with Crippen molar-refractivity contribution < 1.29 is 13.3 Å². The van der Waals surface area contributed by atoms with Gasteiger partial charge in [-0.3, -0.25) is 10.1 Å². The second-order valence-electron chi connectivity index (χ2n) is 6.87. The number of nitrogens with one attached hydrogen (secondary N) is 1. The Morgan fingerprint density at radius 3 is 2.20 bits per heavy atom. The number of hydrogen-bond donors (Lipinski definition) is 1. The van der Waals surface area contributed by atoms with Crippen molar-refractivity contribution in [2.45, 2.75) is 50.5 Å².